The zero-order chi connectivity index (χ0) is 27.5. The number of anilines is 2. The summed E-state index contributed by atoms with van der Waals surface area (Å²) in [6.45, 7) is 4.98. The van der Waals surface area contributed by atoms with Gasteiger partial charge in [-0.15, -0.1) is 0 Å². The zero-order valence-corrected chi connectivity index (χ0v) is 24.1. The molecular formula is C29H40N6O4S. The maximum Gasteiger partial charge on any atom is 0.253 e. The predicted octanol–water partition coefficient (Wildman–Crippen LogP) is 2.60. The molecule has 216 valence electrons. The van der Waals surface area contributed by atoms with Gasteiger partial charge in [0.2, 0.25) is 10.8 Å². The number of nitrogens with zero attached hydrogens (tertiary/aromatic N) is 4. The number of benzene rings is 1. The number of amides is 1. The highest BCUT2D eigenvalue weighted by Gasteiger charge is 2.34. The predicted molar refractivity (Wildman–Crippen MR) is 155 cm³/mol. The van der Waals surface area contributed by atoms with Crippen molar-refractivity contribution in [2.45, 2.75) is 68.0 Å². The molecule has 10 nitrogen and oxygen atoms in total. The van der Waals surface area contributed by atoms with E-state index in [-0.39, 0.29) is 18.1 Å². The Hall–Kier alpha value is -2.60. The number of hydrogen-bond donors (Lipinski definition) is 2. The third-order valence-electron chi connectivity index (χ3n) is 8.54. The van der Waals surface area contributed by atoms with Gasteiger partial charge in [-0.3, -0.25) is 4.79 Å². The number of piperidine rings is 2. The molecule has 0 radical (unpaired) electrons. The molecule has 4 aliphatic heterocycles. The molecule has 1 atom stereocenters. The van der Waals surface area contributed by atoms with E-state index in [4.69, 9.17) is 19.4 Å². The molecule has 3 fully saturated rings. The van der Waals surface area contributed by atoms with Gasteiger partial charge < -0.3 is 34.5 Å². The fourth-order valence-corrected chi connectivity index (χ4v) is 7.38. The first kappa shape index (κ1) is 27.6. The molecule has 2 aromatic rings. The van der Waals surface area contributed by atoms with Crippen molar-refractivity contribution < 1.29 is 18.8 Å². The zero-order valence-electron chi connectivity index (χ0n) is 23.3. The molecule has 3 saturated heterocycles. The minimum Gasteiger partial charge on any atom is -0.611 e. The van der Waals surface area contributed by atoms with Gasteiger partial charge in [0.05, 0.1) is 0 Å². The van der Waals surface area contributed by atoms with Gasteiger partial charge in [-0.05, 0) is 74.2 Å². The molecule has 1 amide bonds. The van der Waals surface area contributed by atoms with Crippen LogP contribution in [0.2, 0.25) is 0 Å². The normalized spacial score (nSPS) is 22.6. The van der Waals surface area contributed by atoms with Gasteiger partial charge in [-0.25, -0.2) is 4.98 Å². The van der Waals surface area contributed by atoms with E-state index in [0.717, 1.165) is 106 Å². The van der Waals surface area contributed by atoms with Crippen molar-refractivity contribution in [3.8, 4) is 5.75 Å². The second-order valence-electron chi connectivity index (χ2n) is 11.2. The van der Waals surface area contributed by atoms with Crippen LogP contribution in [0, 0.1) is 0 Å². The summed E-state index contributed by atoms with van der Waals surface area (Å²) in [6, 6.07) is 8.14. The van der Waals surface area contributed by atoms with Crippen LogP contribution in [0.25, 0.3) is 0 Å². The highest BCUT2D eigenvalue weighted by Crippen LogP contribution is 2.34. The fourth-order valence-electron chi connectivity index (χ4n) is 6.06. The topological polar surface area (TPSA) is 115 Å². The Morgan fingerprint density at radius 2 is 1.82 bits per heavy atom. The summed E-state index contributed by atoms with van der Waals surface area (Å²) in [4.78, 5) is 27.6. The highest BCUT2D eigenvalue weighted by molar-refractivity contribution is 7.91. The van der Waals surface area contributed by atoms with Crippen molar-refractivity contribution >= 4 is 28.8 Å². The van der Waals surface area contributed by atoms with E-state index in [1.807, 2.05) is 36.2 Å². The maximum atomic E-state index is 13.0. The van der Waals surface area contributed by atoms with Crippen molar-refractivity contribution in [2.75, 3.05) is 62.4 Å². The van der Waals surface area contributed by atoms with Gasteiger partial charge in [0, 0.05) is 70.3 Å². The molecule has 11 heteroatoms. The van der Waals surface area contributed by atoms with Gasteiger partial charge in [0.1, 0.15) is 23.3 Å². The van der Waals surface area contributed by atoms with Crippen LogP contribution in [0.1, 0.15) is 54.6 Å². The summed E-state index contributed by atoms with van der Waals surface area (Å²) >= 11 is -1.05. The highest BCUT2D eigenvalue weighted by atomic mass is 32.2. The average Bonchev–Trinajstić information content (AvgIpc) is 3.39. The van der Waals surface area contributed by atoms with Crippen LogP contribution in [0.15, 0.2) is 29.2 Å². The van der Waals surface area contributed by atoms with Gasteiger partial charge in [0.15, 0.2) is 5.82 Å². The van der Waals surface area contributed by atoms with Crippen molar-refractivity contribution in [1.29, 1.82) is 0 Å². The standard InChI is InChI=1S/C29H40N6O4S/c1-34(22-6-13-30-14-7-22)28(36)20-2-4-23(5-3-20)39-24-8-15-35(16-9-24)29-32-25-12-19-40(37)26(25)27(33-29)31-21-10-17-38-18-11-21/h2-5,21-22,24,30H,6-19H2,1H3,(H,31,32,33). The number of nitrogens with one attached hydrogen (secondary N) is 2. The minimum atomic E-state index is -1.05. The van der Waals surface area contributed by atoms with E-state index >= 15 is 0 Å². The summed E-state index contributed by atoms with van der Waals surface area (Å²) in [6.07, 6.45) is 6.37. The number of hydrogen-bond acceptors (Lipinski definition) is 9. The number of aryl methyl sites for hydroxylation is 1. The molecule has 1 aromatic carbocycles. The van der Waals surface area contributed by atoms with Crippen molar-refractivity contribution in [2.24, 2.45) is 0 Å². The largest absolute Gasteiger partial charge is 0.611 e. The van der Waals surface area contributed by atoms with E-state index in [1.54, 1.807) is 0 Å². The molecule has 5 heterocycles. The van der Waals surface area contributed by atoms with Crippen molar-refractivity contribution in [3.63, 3.8) is 0 Å². The number of ether oxygens (including phenoxy) is 2. The Morgan fingerprint density at radius 3 is 2.55 bits per heavy atom. The number of carbonyl (C=O) groups excluding carboxylic acids is 1. The lowest BCUT2D eigenvalue weighted by Crippen LogP contribution is -2.43. The average molecular weight is 569 g/mol. The Kier molecular flexibility index (Phi) is 8.62. The smallest absolute Gasteiger partial charge is 0.253 e. The molecular weight excluding hydrogens is 528 g/mol. The monoisotopic (exact) mass is 568 g/mol. The number of fused-ring (bicyclic) bond motifs is 1. The summed E-state index contributed by atoms with van der Waals surface area (Å²) in [5.74, 6) is 2.92. The molecule has 1 aromatic heterocycles. The Bertz CT molecular complexity index is 1160. The number of carbonyl (C=O) groups is 1. The molecule has 0 spiro atoms. The van der Waals surface area contributed by atoms with E-state index in [9.17, 15) is 9.35 Å². The number of aromatic nitrogens is 2. The second kappa shape index (κ2) is 12.5. The Labute approximate surface area is 239 Å². The van der Waals surface area contributed by atoms with Gasteiger partial charge in [0.25, 0.3) is 5.91 Å². The summed E-state index contributed by atoms with van der Waals surface area (Å²) < 4.78 is 24.5. The van der Waals surface area contributed by atoms with Crippen LogP contribution in [0.4, 0.5) is 11.8 Å². The van der Waals surface area contributed by atoms with Crippen LogP contribution >= 0.6 is 0 Å². The molecule has 4 aliphatic rings. The molecule has 2 N–H and O–H groups in total. The van der Waals surface area contributed by atoms with E-state index < -0.39 is 11.2 Å². The molecule has 6 rings (SSSR count). The Morgan fingerprint density at radius 1 is 1.10 bits per heavy atom. The molecule has 1 unspecified atom stereocenters. The first-order valence-electron chi connectivity index (χ1n) is 14.7. The summed E-state index contributed by atoms with van der Waals surface area (Å²) in [5, 5.41) is 6.92. The second-order valence-corrected chi connectivity index (χ2v) is 12.7. The van der Waals surface area contributed by atoms with E-state index in [0.29, 0.717) is 23.3 Å². The maximum absolute atomic E-state index is 13.0. The van der Waals surface area contributed by atoms with Gasteiger partial charge in [-0.2, -0.15) is 4.98 Å². The lowest BCUT2D eigenvalue weighted by atomic mass is 10.0. The number of rotatable bonds is 7. The molecule has 0 bridgehead atoms. The van der Waals surface area contributed by atoms with Crippen molar-refractivity contribution in [3.05, 3.63) is 35.5 Å². The molecule has 0 aliphatic carbocycles. The fraction of sp³-hybridized carbons (Fsp3) is 0.621. The van der Waals surface area contributed by atoms with Gasteiger partial charge >= 0.3 is 0 Å². The lowest BCUT2D eigenvalue weighted by Gasteiger charge is -2.33. The van der Waals surface area contributed by atoms with Crippen LogP contribution in [-0.4, -0.2) is 95.7 Å². The SMILES string of the molecule is CN(C(=O)c1ccc(OC2CCN(c3nc4c(c(NC5CCOCC5)n3)[S+]([O-])CC4)CC2)cc1)C1CCNCC1. The van der Waals surface area contributed by atoms with Crippen LogP contribution in [0.3, 0.4) is 0 Å². The van der Waals surface area contributed by atoms with Crippen LogP contribution in [-0.2, 0) is 22.3 Å². The quantitative estimate of drug-likeness (QED) is 0.487. The third kappa shape index (κ3) is 6.17. The first-order chi connectivity index (χ1) is 19.5. The van der Waals surface area contributed by atoms with E-state index in [2.05, 4.69) is 15.5 Å². The van der Waals surface area contributed by atoms with Crippen LogP contribution < -0.4 is 20.3 Å². The third-order valence-corrected chi connectivity index (χ3v) is 10.0. The lowest BCUT2D eigenvalue weighted by molar-refractivity contribution is 0.0703. The van der Waals surface area contributed by atoms with Crippen molar-refractivity contribution in [1.82, 2.24) is 20.2 Å². The molecule has 0 saturated carbocycles. The van der Waals surface area contributed by atoms with E-state index in [1.165, 1.54) is 0 Å². The molecule has 40 heavy (non-hydrogen) atoms. The Balaban J connectivity index is 1.05. The summed E-state index contributed by atoms with van der Waals surface area (Å²) in [7, 11) is 1.91. The summed E-state index contributed by atoms with van der Waals surface area (Å²) in [5.41, 5.74) is 1.61. The van der Waals surface area contributed by atoms with Crippen LogP contribution in [0.5, 0.6) is 5.75 Å². The minimum absolute atomic E-state index is 0.0654. The van der Waals surface area contributed by atoms with Gasteiger partial charge in [-0.1, -0.05) is 0 Å². The first-order valence-corrected chi connectivity index (χ1v) is 16.0.